The van der Waals surface area contributed by atoms with Gasteiger partial charge in [0, 0.05) is 13.0 Å². The van der Waals surface area contributed by atoms with Crippen molar-refractivity contribution in [2.45, 2.75) is 52.4 Å². The van der Waals surface area contributed by atoms with Crippen molar-refractivity contribution in [1.82, 2.24) is 5.32 Å². The van der Waals surface area contributed by atoms with Crippen LogP contribution < -0.4 is 10.1 Å². The summed E-state index contributed by atoms with van der Waals surface area (Å²) in [6, 6.07) is 9.00. The van der Waals surface area contributed by atoms with E-state index in [-0.39, 0.29) is 11.7 Å². The maximum Gasteiger partial charge on any atom is 0.412 e. The number of carbonyl (C=O) groups excluding carboxylic acids is 1. The number of amides is 1. The van der Waals surface area contributed by atoms with Crippen LogP contribution in [-0.2, 0) is 9.47 Å². The number of hydrogen-bond acceptors (Lipinski definition) is 4. The molecule has 1 amide bonds. The molecule has 5 heteroatoms. The van der Waals surface area contributed by atoms with Crippen molar-refractivity contribution in [2.24, 2.45) is 5.41 Å². The zero-order valence-electron chi connectivity index (χ0n) is 14.4. The van der Waals surface area contributed by atoms with Crippen LogP contribution in [0.2, 0.25) is 0 Å². The smallest absolute Gasteiger partial charge is 0.410 e. The van der Waals surface area contributed by atoms with Crippen LogP contribution >= 0.6 is 0 Å². The number of hydrogen-bond donors (Lipinski definition) is 1. The van der Waals surface area contributed by atoms with Crippen molar-refractivity contribution in [3.8, 4) is 5.75 Å². The van der Waals surface area contributed by atoms with Gasteiger partial charge < -0.3 is 19.5 Å². The minimum Gasteiger partial charge on any atom is -0.410 e. The van der Waals surface area contributed by atoms with Crippen LogP contribution in [0.4, 0.5) is 4.79 Å². The Labute approximate surface area is 138 Å². The molecule has 1 aliphatic heterocycles. The average Bonchev–Trinajstić information content (AvgIpc) is 2.98. The second-order valence-corrected chi connectivity index (χ2v) is 7.10. The molecular formula is C18H27NO4. The minimum absolute atomic E-state index is 0.168. The first-order valence-electron chi connectivity index (χ1n) is 8.10. The van der Waals surface area contributed by atoms with Gasteiger partial charge in [0.1, 0.15) is 5.75 Å². The van der Waals surface area contributed by atoms with Gasteiger partial charge in [0.15, 0.2) is 6.29 Å². The van der Waals surface area contributed by atoms with Crippen LogP contribution in [0.3, 0.4) is 0 Å². The quantitative estimate of drug-likeness (QED) is 0.897. The lowest BCUT2D eigenvalue weighted by atomic mass is 9.77. The lowest BCUT2D eigenvalue weighted by molar-refractivity contribution is -0.215. The van der Waals surface area contributed by atoms with Crippen LogP contribution in [0.15, 0.2) is 30.3 Å². The van der Waals surface area contributed by atoms with E-state index in [0.29, 0.717) is 12.3 Å². The maximum atomic E-state index is 12.0. The molecule has 0 spiro atoms. The monoisotopic (exact) mass is 321 g/mol. The number of rotatable bonds is 5. The molecule has 23 heavy (non-hydrogen) atoms. The molecule has 0 saturated carbocycles. The molecule has 1 fully saturated rings. The van der Waals surface area contributed by atoms with Gasteiger partial charge in [-0.3, -0.25) is 0 Å². The Morgan fingerprint density at radius 2 is 1.96 bits per heavy atom. The molecular weight excluding hydrogens is 294 g/mol. The van der Waals surface area contributed by atoms with E-state index in [9.17, 15) is 4.79 Å². The molecule has 1 N–H and O–H groups in total. The highest BCUT2D eigenvalue weighted by atomic mass is 16.7. The van der Waals surface area contributed by atoms with Crippen molar-refractivity contribution in [3.05, 3.63) is 30.3 Å². The van der Waals surface area contributed by atoms with Gasteiger partial charge in [-0.05, 0) is 30.9 Å². The Morgan fingerprint density at radius 1 is 1.26 bits per heavy atom. The molecule has 0 bridgehead atoms. The maximum absolute atomic E-state index is 12.0. The predicted octanol–water partition coefficient (Wildman–Crippen LogP) is 3.73. The lowest BCUT2D eigenvalue weighted by Crippen LogP contribution is -2.53. The zero-order chi connectivity index (χ0) is 16.9. The molecule has 0 aromatic heterocycles. The fraction of sp³-hybridized carbons (Fsp3) is 0.611. The molecule has 0 radical (unpaired) electrons. The number of ether oxygens (including phenoxy) is 3. The van der Waals surface area contributed by atoms with Crippen LogP contribution in [-0.4, -0.2) is 31.1 Å². The first kappa shape index (κ1) is 17.8. The first-order valence-corrected chi connectivity index (χ1v) is 8.10. The second kappa shape index (κ2) is 7.32. The number of nitrogens with one attached hydrogen (secondary N) is 1. The highest BCUT2D eigenvalue weighted by molar-refractivity contribution is 5.70. The van der Waals surface area contributed by atoms with Crippen molar-refractivity contribution < 1.29 is 19.0 Å². The Hall–Kier alpha value is -1.59. The first-order chi connectivity index (χ1) is 10.8. The Morgan fingerprint density at radius 3 is 2.52 bits per heavy atom. The third-order valence-electron chi connectivity index (χ3n) is 4.39. The summed E-state index contributed by atoms with van der Waals surface area (Å²) in [5, 5.41) is 2.81. The molecule has 1 aromatic rings. The van der Waals surface area contributed by atoms with Crippen molar-refractivity contribution in [1.29, 1.82) is 0 Å². The molecule has 1 unspecified atom stereocenters. The summed E-state index contributed by atoms with van der Waals surface area (Å²) in [4.78, 5) is 12.0. The van der Waals surface area contributed by atoms with E-state index in [1.54, 1.807) is 12.1 Å². The largest absolute Gasteiger partial charge is 0.412 e. The fourth-order valence-electron chi connectivity index (χ4n) is 2.29. The van der Waals surface area contributed by atoms with E-state index in [2.05, 4.69) is 26.1 Å². The van der Waals surface area contributed by atoms with Crippen LogP contribution in [0.25, 0.3) is 0 Å². The van der Waals surface area contributed by atoms with E-state index >= 15 is 0 Å². The normalized spacial score (nSPS) is 20.8. The van der Waals surface area contributed by atoms with E-state index in [1.807, 2.05) is 25.1 Å². The highest BCUT2D eigenvalue weighted by Gasteiger charge is 2.41. The Balaban J connectivity index is 1.93. The van der Waals surface area contributed by atoms with Crippen LogP contribution in [0.1, 0.15) is 40.5 Å². The number of para-hydroxylation sites is 1. The minimum atomic E-state index is -0.558. The topological polar surface area (TPSA) is 56.8 Å². The van der Waals surface area contributed by atoms with Crippen molar-refractivity contribution in [3.63, 3.8) is 0 Å². The zero-order valence-corrected chi connectivity index (χ0v) is 14.4. The Kier molecular flexibility index (Phi) is 5.65. The van der Waals surface area contributed by atoms with Gasteiger partial charge in [-0.1, -0.05) is 39.0 Å². The third-order valence-corrected chi connectivity index (χ3v) is 4.39. The van der Waals surface area contributed by atoms with E-state index in [4.69, 9.17) is 14.2 Å². The van der Waals surface area contributed by atoms with Gasteiger partial charge >= 0.3 is 6.09 Å². The molecule has 1 aliphatic rings. The molecule has 1 saturated heterocycles. The van der Waals surface area contributed by atoms with Gasteiger partial charge in [-0.15, -0.1) is 0 Å². The van der Waals surface area contributed by atoms with Gasteiger partial charge in [0.25, 0.3) is 0 Å². The molecule has 1 heterocycles. The van der Waals surface area contributed by atoms with Crippen molar-refractivity contribution in [2.75, 3.05) is 13.2 Å². The number of benzene rings is 1. The Bertz CT molecular complexity index is 506. The second-order valence-electron chi connectivity index (χ2n) is 7.10. The molecule has 2 atom stereocenters. The molecule has 2 rings (SSSR count). The van der Waals surface area contributed by atoms with E-state index in [0.717, 1.165) is 19.4 Å². The SMILES string of the molecule is CC(C)(C)[C@](C)(CNC(=O)Oc1ccccc1)OC1CCCO1. The summed E-state index contributed by atoms with van der Waals surface area (Å²) >= 11 is 0. The van der Waals surface area contributed by atoms with E-state index in [1.165, 1.54) is 0 Å². The van der Waals surface area contributed by atoms with Gasteiger partial charge in [0.05, 0.1) is 12.1 Å². The summed E-state index contributed by atoms with van der Waals surface area (Å²) < 4.78 is 17.0. The molecule has 5 nitrogen and oxygen atoms in total. The van der Waals surface area contributed by atoms with Gasteiger partial charge in [-0.2, -0.15) is 0 Å². The third kappa shape index (κ3) is 4.94. The van der Waals surface area contributed by atoms with Crippen LogP contribution in [0, 0.1) is 5.41 Å². The van der Waals surface area contributed by atoms with Gasteiger partial charge in [0.2, 0.25) is 0 Å². The fourth-order valence-corrected chi connectivity index (χ4v) is 2.29. The summed E-state index contributed by atoms with van der Waals surface area (Å²) in [5.41, 5.74) is -0.726. The average molecular weight is 321 g/mol. The number of carbonyl (C=O) groups is 1. The summed E-state index contributed by atoms with van der Waals surface area (Å²) in [6.45, 7) is 9.35. The van der Waals surface area contributed by atoms with Gasteiger partial charge in [-0.25, -0.2) is 4.79 Å². The van der Waals surface area contributed by atoms with E-state index < -0.39 is 11.7 Å². The van der Waals surface area contributed by atoms with Crippen LogP contribution in [0.5, 0.6) is 5.75 Å². The highest BCUT2D eigenvalue weighted by Crippen LogP contribution is 2.35. The molecule has 0 aliphatic carbocycles. The predicted molar refractivity (Wildman–Crippen MR) is 88.4 cm³/mol. The summed E-state index contributed by atoms with van der Waals surface area (Å²) in [5.74, 6) is 0.516. The summed E-state index contributed by atoms with van der Waals surface area (Å²) in [7, 11) is 0. The van der Waals surface area contributed by atoms with Crippen molar-refractivity contribution >= 4 is 6.09 Å². The summed E-state index contributed by atoms with van der Waals surface area (Å²) in [6.07, 6.45) is 1.21. The standard InChI is InChI=1S/C18H27NO4/c1-17(2,3)18(4,23-15-11-8-12-21-15)13-19-16(20)22-14-9-6-5-7-10-14/h5-7,9-10,15H,8,11-13H2,1-4H3,(H,19,20)/t15?,18-/m0/s1. The lowest BCUT2D eigenvalue weighted by Gasteiger charge is -2.43. The molecule has 128 valence electrons. The molecule has 1 aromatic carbocycles.